The maximum absolute atomic E-state index is 3.64. The molecule has 0 bridgehead atoms. The van der Waals surface area contributed by atoms with Gasteiger partial charge in [-0.25, -0.2) is 0 Å². The van der Waals surface area contributed by atoms with Crippen LogP contribution in [-0.4, -0.2) is 0 Å². The fourth-order valence-corrected chi connectivity index (χ4v) is 0. The monoisotopic (exact) mass is 105 g/mol. The average molecular weight is 105 g/mol. The first-order valence-corrected chi connectivity index (χ1v) is 1.56. The van der Waals surface area contributed by atoms with Crippen molar-refractivity contribution in [2.75, 3.05) is 0 Å². The summed E-state index contributed by atoms with van der Waals surface area (Å²) >= 11 is 0. The first-order valence-electron chi connectivity index (χ1n) is 1.56. The third-order valence-electron chi connectivity index (χ3n) is 0. The molecule has 0 aromatic rings. The van der Waals surface area contributed by atoms with Gasteiger partial charge in [0.15, 0.2) is 0 Å². The van der Waals surface area contributed by atoms with E-state index in [1.54, 1.807) is 0 Å². The zero-order chi connectivity index (χ0) is 3.58. The molecule has 0 amide bonds. The molecule has 0 atom stereocenters. The molecule has 0 aromatic heterocycles. The summed E-state index contributed by atoms with van der Waals surface area (Å²) in [5.41, 5.74) is 0. The van der Waals surface area contributed by atoms with Gasteiger partial charge in [0.1, 0.15) is 0 Å². The minimum atomic E-state index is 0. The quantitative estimate of drug-likeness (QED) is 0.323. The van der Waals surface area contributed by atoms with Crippen molar-refractivity contribution in [2.45, 2.75) is 13.8 Å². The zero-order valence-electron chi connectivity index (χ0n) is 3.78. The normalized spacial score (nSPS) is 7.20. The van der Waals surface area contributed by atoms with Crippen LogP contribution in [0.15, 0.2) is 0 Å². The van der Waals surface area contributed by atoms with Crippen LogP contribution in [0.1, 0.15) is 13.8 Å². The number of hydrogen-bond acceptors (Lipinski definition) is 0. The van der Waals surface area contributed by atoms with Crippen molar-refractivity contribution in [1.29, 1.82) is 0 Å². The molecule has 0 nitrogen and oxygen atoms in total. The van der Waals surface area contributed by atoms with Gasteiger partial charge in [-0.15, -0.1) is 0 Å². The largest absolute Gasteiger partial charge is 0.341 e. The fraction of sp³-hybridized carbons (Fsp3) is 0.750. The molecule has 0 spiro atoms. The molecule has 0 aliphatic rings. The molecule has 0 fully saturated rings. The van der Waals surface area contributed by atoms with Gasteiger partial charge in [-0.05, 0) is 0 Å². The summed E-state index contributed by atoms with van der Waals surface area (Å²) in [6, 6.07) is 0. The van der Waals surface area contributed by atoms with E-state index in [9.17, 15) is 0 Å². The van der Waals surface area contributed by atoms with Crippen molar-refractivity contribution in [3.8, 4) is 0 Å². The molecule has 30 valence electrons. The smallest absolute Gasteiger partial charge is 0 e. The minimum absolute atomic E-state index is 0. The molecular formula is C4H9Ti-. The van der Waals surface area contributed by atoms with Gasteiger partial charge in [-0.1, -0.05) is 13.8 Å². The molecule has 0 saturated carbocycles. The summed E-state index contributed by atoms with van der Waals surface area (Å²) in [6.07, 6.45) is 0. The van der Waals surface area contributed by atoms with Crippen molar-refractivity contribution in [3.63, 3.8) is 0 Å². The Kier molecular flexibility index (Phi) is 8.68. The fourth-order valence-electron chi connectivity index (χ4n) is 0. The SMILES string of the molecule is [CH2-]C(C)C.[Ti]. The maximum atomic E-state index is 3.64. The number of hydrogen-bond donors (Lipinski definition) is 0. The van der Waals surface area contributed by atoms with E-state index < -0.39 is 0 Å². The topological polar surface area (TPSA) is 0 Å². The van der Waals surface area contributed by atoms with Gasteiger partial charge in [0.2, 0.25) is 0 Å². The van der Waals surface area contributed by atoms with Crippen LogP contribution in [-0.2, 0) is 21.7 Å². The Morgan fingerprint density at radius 2 is 1.40 bits per heavy atom. The van der Waals surface area contributed by atoms with Crippen molar-refractivity contribution in [3.05, 3.63) is 6.92 Å². The first kappa shape index (κ1) is 9.21. The molecular weight excluding hydrogens is 95.9 g/mol. The van der Waals surface area contributed by atoms with Gasteiger partial charge in [0.25, 0.3) is 0 Å². The van der Waals surface area contributed by atoms with Crippen molar-refractivity contribution in [1.82, 2.24) is 0 Å². The van der Waals surface area contributed by atoms with E-state index >= 15 is 0 Å². The summed E-state index contributed by atoms with van der Waals surface area (Å²) in [6.45, 7) is 7.75. The third kappa shape index (κ3) is 68.1. The molecule has 5 heavy (non-hydrogen) atoms. The second-order valence-electron chi connectivity index (χ2n) is 1.39. The molecule has 1 heteroatoms. The van der Waals surface area contributed by atoms with Gasteiger partial charge >= 0.3 is 0 Å². The number of rotatable bonds is 0. The van der Waals surface area contributed by atoms with Crippen molar-refractivity contribution < 1.29 is 21.7 Å². The molecule has 0 heterocycles. The summed E-state index contributed by atoms with van der Waals surface area (Å²) in [5, 5.41) is 0. The Hall–Kier alpha value is 0.714. The van der Waals surface area contributed by atoms with Crippen LogP contribution in [0.3, 0.4) is 0 Å². The second-order valence-corrected chi connectivity index (χ2v) is 1.39. The molecule has 0 aliphatic carbocycles. The summed E-state index contributed by atoms with van der Waals surface area (Å²) in [7, 11) is 0. The molecule has 0 aliphatic heterocycles. The van der Waals surface area contributed by atoms with E-state index in [0.717, 1.165) is 0 Å². The third-order valence-corrected chi connectivity index (χ3v) is 0. The maximum Gasteiger partial charge on any atom is 0 e. The van der Waals surface area contributed by atoms with Crippen molar-refractivity contribution >= 4 is 0 Å². The van der Waals surface area contributed by atoms with E-state index in [2.05, 4.69) is 20.8 Å². The Morgan fingerprint density at radius 1 is 1.40 bits per heavy atom. The molecule has 0 unspecified atom stereocenters. The Bertz CT molecular complexity index is 8.36. The summed E-state index contributed by atoms with van der Waals surface area (Å²) in [4.78, 5) is 0. The van der Waals surface area contributed by atoms with Gasteiger partial charge in [0.05, 0.1) is 0 Å². The molecule has 0 rings (SSSR count). The van der Waals surface area contributed by atoms with E-state index in [0.29, 0.717) is 5.92 Å². The van der Waals surface area contributed by atoms with Crippen LogP contribution in [0.5, 0.6) is 0 Å². The molecule has 0 saturated heterocycles. The van der Waals surface area contributed by atoms with Crippen LogP contribution in [0, 0.1) is 12.8 Å². The zero-order valence-corrected chi connectivity index (χ0v) is 5.35. The minimum Gasteiger partial charge on any atom is -0.341 e. The van der Waals surface area contributed by atoms with Gasteiger partial charge < -0.3 is 6.92 Å². The van der Waals surface area contributed by atoms with Crippen molar-refractivity contribution in [2.24, 2.45) is 5.92 Å². The summed E-state index contributed by atoms with van der Waals surface area (Å²) in [5.74, 6) is 0.583. The van der Waals surface area contributed by atoms with Crippen LogP contribution in [0.2, 0.25) is 0 Å². The average Bonchev–Trinajstić information content (AvgIpc) is 0.811. The Labute approximate surface area is 48.8 Å². The van der Waals surface area contributed by atoms with E-state index in [4.69, 9.17) is 0 Å². The Balaban J connectivity index is 0. The second kappa shape index (κ2) is 4.71. The molecule has 0 radical (unpaired) electrons. The summed E-state index contributed by atoms with van der Waals surface area (Å²) < 4.78 is 0. The predicted octanol–water partition coefficient (Wildman–Crippen LogP) is 1.47. The molecule has 0 N–H and O–H groups in total. The van der Waals surface area contributed by atoms with E-state index in [1.807, 2.05) is 0 Å². The first-order chi connectivity index (χ1) is 1.73. The predicted molar refractivity (Wildman–Crippen MR) is 20.2 cm³/mol. The van der Waals surface area contributed by atoms with Gasteiger partial charge in [-0.3, -0.25) is 0 Å². The van der Waals surface area contributed by atoms with E-state index in [-0.39, 0.29) is 21.7 Å². The van der Waals surface area contributed by atoms with E-state index in [1.165, 1.54) is 0 Å². The van der Waals surface area contributed by atoms with Gasteiger partial charge in [0, 0.05) is 21.7 Å². The van der Waals surface area contributed by atoms with Crippen LogP contribution in [0.4, 0.5) is 0 Å². The van der Waals surface area contributed by atoms with Gasteiger partial charge in [-0.2, -0.15) is 5.92 Å². The Morgan fingerprint density at radius 3 is 1.40 bits per heavy atom. The van der Waals surface area contributed by atoms with Crippen LogP contribution < -0.4 is 0 Å². The van der Waals surface area contributed by atoms with Crippen LogP contribution >= 0.6 is 0 Å². The van der Waals surface area contributed by atoms with Crippen LogP contribution in [0.25, 0.3) is 0 Å². The standard InChI is InChI=1S/C4H9.Ti/c1-4(2)3;/h4H,1H2,2-3H3;/q-1;. The molecule has 0 aromatic carbocycles.